The lowest BCUT2D eigenvalue weighted by atomic mass is 10.1. The first-order valence-electron chi connectivity index (χ1n) is 15.5. The highest BCUT2D eigenvalue weighted by Crippen LogP contribution is 2.29. The van der Waals surface area contributed by atoms with Gasteiger partial charge in [0.1, 0.15) is 5.69 Å². The summed E-state index contributed by atoms with van der Waals surface area (Å²) in [6.07, 6.45) is 0.454. The minimum absolute atomic E-state index is 0.176. The van der Waals surface area contributed by atoms with E-state index in [0.29, 0.717) is 75.1 Å². The highest BCUT2D eigenvalue weighted by atomic mass is 16.5. The molecule has 2 fully saturated rings. The summed E-state index contributed by atoms with van der Waals surface area (Å²) in [5.41, 5.74) is 3.80. The molecule has 11 heteroatoms. The Labute approximate surface area is 262 Å². The molecular weight excluding hydrogens is 570 g/mol. The molecular formula is C34H39N7O4. The van der Waals surface area contributed by atoms with Crippen LogP contribution in [0.2, 0.25) is 0 Å². The third-order valence-corrected chi connectivity index (χ3v) is 8.13. The molecule has 0 unspecified atom stereocenters. The quantitative estimate of drug-likeness (QED) is 0.251. The van der Waals surface area contributed by atoms with Gasteiger partial charge in [-0.3, -0.25) is 13.9 Å². The number of imidazole rings is 1. The Balaban J connectivity index is 1.36. The highest BCUT2D eigenvalue weighted by Gasteiger charge is 2.31. The van der Waals surface area contributed by atoms with Crippen molar-refractivity contribution in [3.8, 4) is 16.9 Å². The van der Waals surface area contributed by atoms with Crippen LogP contribution >= 0.6 is 0 Å². The Morgan fingerprint density at radius 3 is 2.24 bits per heavy atom. The Morgan fingerprint density at radius 1 is 0.822 bits per heavy atom. The topological polar surface area (TPSA) is 113 Å². The number of morpholine rings is 1. The molecule has 0 aliphatic carbocycles. The van der Waals surface area contributed by atoms with Crippen molar-refractivity contribution in [1.29, 1.82) is 0 Å². The van der Waals surface area contributed by atoms with Crippen LogP contribution < -0.4 is 26.5 Å². The molecule has 0 radical (unpaired) electrons. The van der Waals surface area contributed by atoms with E-state index < -0.39 is 0 Å². The first-order valence-corrected chi connectivity index (χ1v) is 15.5. The molecule has 1 aromatic heterocycles. The Hall–Kier alpha value is -4.87. The average Bonchev–Trinajstić information content (AvgIpc) is 3.39. The molecule has 3 aromatic carbocycles. The maximum atomic E-state index is 14.4. The van der Waals surface area contributed by atoms with Gasteiger partial charge in [0.15, 0.2) is 0 Å². The summed E-state index contributed by atoms with van der Waals surface area (Å²) in [6, 6.07) is 26.4. The second-order valence-corrected chi connectivity index (χ2v) is 11.1. The first kappa shape index (κ1) is 30.2. The van der Waals surface area contributed by atoms with Gasteiger partial charge in [-0.2, -0.15) is 0 Å². The van der Waals surface area contributed by atoms with Crippen molar-refractivity contribution in [1.82, 2.24) is 24.7 Å². The summed E-state index contributed by atoms with van der Waals surface area (Å²) < 4.78 is 8.81. The molecule has 3 heterocycles. The van der Waals surface area contributed by atoms with Gasteiger partial charge < -0.3 is 30.5 Å². The van der Waals surface area contributed by atoms with E-state index in [-0.39, 0.29) is 24.2 Å². The van der Waals surface area contributed by atoms with E-state index in [0.717, 1.165) is 24.3 Å². The van der Waals surface area contributed by atoms with Gasteiger partial charge in [-0.05, 0) is 36.8 Å². The van der Waals surface area contributed by atoms with Gasteiger partial charge in [0, 0.05) is 69.3 Å². The number of benzene rings is 3. The lowest BCUT2D eigenvalue weighted by Gasteiger charge is -2.29. The summed E-state index contributed by atoms with van der Waals surface area (Å²) in [4.78, 5) is 45.3. The minimum atomic E-state index is -0.326. The first-order chi connectivity index (χ1) is 22.1. The molecule has 4 aromatic rings. The normalized spacial score (nSPS) is 15.1. The molecule has 6 rings (SSSR count). The van der Waals surface area contributed by atoms with Crippen molar-refractivity contribution in [2.75, 3.05) is 69.2 Å². The van der Waals surface area contributed by atoms with Crippen LogP contribution in [0, 0.1) is 0 Å². The summed E-state index contributed by atoms with van der Waals surface area (Å²) in [5.74, 6) is -0.176. The van der Waals surface area contributed by atoms with E-state index in [2.05, 4.69) is 20.9 Å². The number of hydrogen-bond acceptors (Lipinski definition) is 6. The maximum absolute atomic E-state index is 14.4. The van der Waals surface area contributed by atoms with E-state index in [1.165, 1.54) is 0 Å². The van der Waals surface area contributed by atoms with Crippen LogP contribution in [0.25, 0.3) is 16.9 Å². The van der Waals surface area contributed by atoms with E-state index >= 15 is 0 Å². The van der Waals surface area contributed by atoms with Crippen molar-refractivity contribution >= 4 is 23.3 Å². The lowest BCUT2D eigenvalue weighted by molar-refractivity contribution is 0.0725. The fourth-order valence-corrected chi connectivity index (χ4v) is 5.88. The summed E-state index contributed by atoms with van der Waals surface area (Å²) in [5, 5.41) is 8.99. The second kappa shape index (κ2) is 14.3. The molecule has 0 spiro atoms. The number of amides is 3. The largest absolute Gasteiger partial charge is 0.378 e. The number of carbonyl (C=O) groups is 2. The van der Waals surface area contributed by atoms with Gasteiger partial charge in [-0.25, -0.2) is 9.59 Å². The third kappa shape index (κ3) is 6.95. The molecule has 0 bridgehead atoms. The van der Waals surface area contributed by atoms with Crippen LogP contribution in [-0.2, 0) is 11.3 Å². The molecule has 2 aliphatic heterocycles. The van der Waals surface area contributed by atoms with Crippen molar-refractivity contribution in [3.05, 3.63) is 101 Å². The minimum Gasteiger partial charge on any atom is -0.378 e. The molecule has 11 nitrogen and oxygen atoms in total. The van der Waals surface area contributed by atoms with Crippen LogP contribution in [0.4, 0.5) is 16.2 Å². The number of anilines is 2. The Morgan fingerprint density at radius 2 is 1.51 bits per heavy atom. The molecule has 45 heavy (non-hydrogen) atoms. The van der Waals surface area contributed by atoms with Crippen LogP contribution in [0.15, 0.2) is 89.7 Å². The fourth-order valence-electron chi connectivity index (χ4n) is 5.88. The Kier molecular flexibility index (Phi) is 9.57. The van der Waals surface area contributed by atoms with Gasteiger partial charge in [0.25, 0.3) is 5.91 Å². The number of nitrogens with zero attached hydrogens (tertiary/aromatic N) is 4. The average molecular weight is 610 g/mol. The zero-order valence-corrected chi connectivity index (χ0v) is 25.3. The van der Waals surface area contributed by atoms with E-state index in [1.807, 2.05) is 89.8 Å². The zero-order chi connectivity index (χ0) is 31.0. The molecule has 3 N–H and O–H groups in total. The van der Waals surface area contributed by atoms with Crippen LogP contribution in [0.5, 0.6) is 0 Å². The number of ether oxygens (including phenoxy) is 1. The summed E-state index contributed by atoms with van der Waals surface area (Å²) in [7, 11) is 0. The summed E-state index contributed by atoms with van der Waals surface area (Å²) in [6.45, 7) is 5.91. The summed E-state index contributed by atoms with van der Waals surface area (Å²) >= 11 is 0. The predicted octanol–water partition coefficient (Wildman–Crippen LogP) is 3.40. The van der Waals surface area contributed by atoms with Gasteiger partial charge in [0.05, 0.1) is 24.6 Å². The third-order valence-electron chi connectivity index (χ3n) is 8.13. The lowest BCUT2D eigenvalue weighted by Crippen LogP contribution is -2.47. The number of aromatic nitrogens is 2. The van der Waals surface area contributed by atoms with Gasteiger partial charge in [-0.1, -0.05) is 54.6 Å². The van der Waals surface area contributed by atoms with E-state index in [1.54, 1.807) is 9.13 Å². The standard InChI is InChI=1S/C34H39N7O4/c42-32(39-19-16-35-17-20-39)31-30(26-9-3-1-4-10-26)41(29-14-7-13-28(25-29)38-21-23-45-24-22-38)34(44)40(31)18-8-15-36-33(43)37-27-11-5-2-6-12-27/h1-7,9-14,25,35H,8,15-24H2,(H2,36,37,43). The molecule has 0 saturated carbocycles. The predicted molar refractivity (Wildman–Crippen MR) is 175 cm³/mol. The van der Waals surface area contributed by atoms with Crippen LogP contribution in [0.3, 0.4) is 0 Å². The number of rotatable bonds is 9. The van der Waals surface area contributed by atoms with E-state index in [9.17, 15) is 14.4 Å². The van der Waals surface area contributed by atoms with Crippen molar-refractivity contribution < 1.29 is 14.3 Å². The highest BCUT2D eigenvalue weighted by molar-refractivity contribution is 5.99. The SMILES string of the molecule is O=C(NCCCn1c(C(=O)N2CCNCC2)c(-c2ccccc2)n(-c2cccc(N3CCOCC3)c2)c1=O)Nc1ccccc1. The van der Waals surface area contributed by atoms with E-state index in [4.69, 9.17) is 4.74 Å². The molecule has 3 amide bonds. The monoisotopic (exact) mass is 609 g/mol. The van der Waals surface area contributed by atoms with Crippen molar-refractivity contribution in [2.45, 2.75) is 13.0 Å². The molecule has 0 atom stereocenters. The molecule has 234 valence electrons. The number of urea groups is 1. The molecule has 2 aliphatic rings. The Bertz CT molecular complexity index is 1660. The number of piperazine rings is 1. The number of nitrogens with one attached hydrogen (secondary N) is 3. The second-order valence-electron chi connectivity index (χ2n) is 11.1. The zero-order valence-electron chi connectivity index (χ0n) is 25.3. The van der Waals surface area contributed by atoms with Crippen LogP contribution in [-0.4, -0.2) is 85.0 Å². The van der Waals surface area contributed by atoms with Gasteiger partial charge in [-0.15, -0.1) is 0 Å². The number of carbonyl (C=O) groups excluding carboxylic acids is 2. The number of hydrogen-bond donors (Lipinski definition) is 3. The van der Waals surface area contributed by atoms with Gasteiger partial charge in [0.2, 0.25) is 0 Å². The number of para-hydroxylation sites is 1. The van der Waals surface area contributed by atoms with Crippen molar-refractivity contribution in [3.63, 3.8) is 0 Å². The maximum Gasteiger partial charge on any atom is 0.333 e. The van der Waals surface area contributed by atoms with Crippen LogP contribution in [0.1, 0.15) is 16.9 Å². The molecule has 2 saturated heterocycles. The smallest absolute Gasteiger partial charge is 0.333 e. The fraction of sp³-hybridized carbons (Fsp3) is 0.324. The van der Waals surface area contributed by atoms with Gasteiger partial charge >= 0.3 is 11.7 Å². The van der Waals surface area contributed by atoms with Crippen molar-refractivity contribution in [2.24, 2.45) is 0 Å².